The largest absolute Gasteiger partial charge is 0.497 e. The second kappa shape index (κ2) is 11.0. The second-order valence-corrected chi connectivity index (χ2v) is 10.5. The van der Waals surface area contributed by atoms with Gasteiger partial charge in [-0.3, -0.25) is 0 Å². The maximum absolute atomic E-state index is 12.9. The Morgan fingerprint density at radius 3 is 2.77 bits per heavy atom. The normalized spacial score (nSPS) is 15.4. The number of benzene rings is 2. The van der Waals surface area contributed by atoms with Crippen LogP contribution in [-0.4, -0.2) is 52.8 Å². The number of rotatable bonds is 7. The molecule has 2 amide bonds. The summed E-state index contributed by atoms with van der Waals surface area (Å²) in [7, 11) is 3.19. The molecule has 0 bridgehead atoms. The molecule has 0 atom stereocenters. The van der Waals surface area contributed by atoms with E-state index in [1.165, 1.54) is 28.5 Å². The first-order chi connectivity index (χ1) is 19.1. The van der Waals surface area contributed by atoms with Crippen LogP contribution in [0.25, 0.3) is 22.2 Å². The van der Waals surface area contributed by atoms with Crippen molar-refractivity contribution in [2.75, 3.05) is 32.6 Å². The lowest BCUT2D eigenvalue weighted by Gasteiger charge is -2.32. The highest BCUT2D eigenvalue weighted by molar-refractivity contribution is 5.97. The van der Waals surface area contributed by atoms with Gasteiger partial charge in [0.1, 0.15) is 17.3 Å². The standard InChI is InChI=1S/C31H35N5O3/c1-38-23-9-10-27(28(19-23)39-2)34-31(37)35-17-13-21(14-18-35)8-11-29-32-15-12-26(33-29)25-20-36-16-4-6-22-5-3-7-24(25)30(22)36/h3,5,7,9-10,12,15,19-21H,4,6,8,11,13-14,16-18H2,1-2H3,(H,34,37). The Hall–Kier alpha value is -4.07. The van der Waals surface area contributed by atoms with Crippen molar-refractivity contribution in [2.24, 2.45) is 5.92 Å². The third-order valence-corrected chi connectivity index (χ3v) is 8.14. The van der Waals surface area contributed by atoms with Gasteiger partial charge < -0.3 is 24.3 Å². The number of nitrogens with zero attached hydrogens (tertiary/aromatic N) is 4. The van der Waals surface area contributed by atoms with E-state index in [2.05, 4.69) is 39.3 Å². The molecule has 1 N–H and O–H groups in total. The van der Waals surface area contributed by atoms with Gasteiger partial charge in [0.25, 0.3) is 0 Å². The number of para-hydroxylation sites is 1. The molecule has 0 radical (unpaired) electrons. The summed E-state index contributed by atoms with van der Waals surface area (Å²) in [5.41, 5.74) is 5.64. The molecule has 39 heavy (non-hydrogen) atoms. The number of hydrogen-bond donors (Lipinski definition) is 1. The number of ether oxygens (including phenoxy) is 2. The van der Waals surface area contributed by atoms with E-state index in [1.54, 1.807) is 26.4 Å². The minimum atomic E-state index is -0.0979. The molecule has 6 rings (SSSR count). The van der Waals surface area contributed by atoms with E-state index < -0.39 is 0 Å². The minimum Gasteiger partial charge on any atom is -0.497 e. The Morgan fingerprint density at radius 2 is 1.95 bits per heavy atom. The second-order valence-electron chi connectivity index (χ2n) is 10.5. The van der Waals surface area contributed by atoms with Crippen LogP contribution in [0.1, 0.15) is 37.1 Å². The molecular formula is C31H35N5O3. The number of urea groups is 1. The molecule has 4 heterocycles. The van der Waals surface area contributed by atoms with Crippen LogP contribution >= 0.6 is 0 Å². The Labute approximate surface area is 229 Å². The molecule has 2 aromatic heterocycles. The van der Waals surface area contributed by atoms with E-state index in [0.29, 0.717) is 23.1 Å². The van der Waals surface area contributed by atoms with Gasteiger partial charge in [0.2, 0.25) is 0 Å². The van der Waals surface area contributed by atoms with Crippen molar-refractivity contribution in [1.82, 2.24) is 19.4 Å². The highest BCUT2D eigenvalue weighted by Crippen LogP contribution is 2.35. The van der Waals surface area contributed by atoms with Crippen LogP contribution in [0.15, 0.2) is 54.9 Å². The molecule has 0 aliphatic carbocycles. The number of hydrogen-bond acceptors (Lipinski definition) is 5. The summed E-state index contributed by atoms with van der Waals surface area (Å²) in [6.45, 7) is 2.53. The lowest BCUT2D eigenvalue weighted by molar-refractivity contribution is 0.179. The quantitative estimate of drug-likeness (QED) is 0.323. The smallest absolute Gasteiger partial charge is 0.321 e. The van der Waals surface area contributed by atoms with Crippen molar-refractivity contribution in [3.05, 3.63) is 66.2 Å². The number of aromatic nitrogens is 3. The van der Waals surface area contributed by atoms with Crippen LogP contribution in [0, 0.1) is 5.92 Å². The lowest BCUT2D eigenvalue weighted by atomic mass is 9.92. The summed E-state index contributed by atoms with van der Waals surface area (Å²) < 4.78 is 13.0. The summed E-state index contributed by atoms with van der Waals surface area (Å²) in [4.78, 5) is 24.3. The van der Waals surface area contributed by atoms with Crippen LogP contribution in [0.5, 0.6) is 11.5 Å². The van der Waals surface area contributed by atoms with Crippen LogP contribution in [0.2, 0.25) is 0 Å². The van der Waals surface area contributed by atoms with Gasteiger partial charge in [-0.2, -0.15) is 0 Å². The predicted molar refractivity (Wildman–Crippen MR) is 152 cm³/mol. The third kappa shape index (κ3) is 5.15. The van der Waals surface area contributed by atoms with Gasteiger partial charge >= 0.3 is 6.03 Å². The first-order valence-electron chi connectivity index (χ1n) is 13.8. The third-order valence-electron chi connectivity index (χ3n) is 8.14. The van der Waals surface area contributed by atoms with Gasteiger partial charge in [0, 0.05) is 55.5 Å². The summed E-state index contributed by atoms with van der Waals surface area (Å²) in [5.74, 6) is 2.71. The topological polar surface area (TPSA) is 81.5 Å². The summed E-state index contributed by atoms with van der Waals surface area (Å²) in [6.07, 6.45) is 10.3. The summed E-state index contributed by atoms with van der Waals surface area (Å²) >= 11 is 0. The van der Waals surface area contributed by atoms with Gasteiger partial charge in [-0.05, 0) is 61.8 Å². The fraction of sp³-hybridized carbons (Fsp3) is 0.387. The molecule has 0 spiro atoms. The van der Waals surface area contributed by atoms with E-state index >= 15 is 0 Å². The van der Waals surface area contributed by atoms with Crippen molar-refractivity contribution >= 4 is 22.6 Å². The van der Waals surface area contributed by atoms with Gasteiger partial charge in [0.05, 0.1) is 31.1 Å². The van der Waals surface area contributed by atoms with Gasteiger partial charge in [-0.25, -0.2) is 14.8 Å². The van der Waals surface area contributed by atoms with Crippen LogP contribution in [0.3, 0.4) is 0 Å². The van der Waals surface area contributed by atoms with Gasteiger partial charge in [-0.15, -0.1) is 0 Å². The highest BCUT2D eigenvalue weighted by atomic mass is 16.5. The zero-order chi connectivity index (χ0) is 26.8. The first-order valence-corrected chi connectivity index (χ1v) is 13.8. The first kappa shape index (κ1) is 25.2. The van der Waals surface area contributed by atoms with E-state index in [1.807, 2.05) is 23.2 Å². The van der Waals surface area contributed by atoms with Gasteiger partial charge in [-0.1, -0.05) is 18.2 Å². The number of methoxy groups -OCH3 is 2. The molecule has 8 nitrogen and oxygen atoms in total. The average Bonchev–Trinajstić information content (AvgIpc) is 3.37. The molecule has 2 aromatic carbocycles. The summed E-state index contributed by atoms with van der Waals surface area (Å²) in [6, 6.07) is 13.9. The number of aryl methyl sites for hydroxylation is 3. The van der Waals surface area contributed by atoms with Gasteiger partial charge in [0.15, 0.2) is 0 Å². The fourth-order valence-corrected chi connectivity index (χ4v) is 5.98. The maximum atomic E-state index is 12.9. The van der Waals surface area contributed by atoms with Crippen molar-refractivity contribution in [3.8, 4) is 22.8 Å². The molecule has 2 aliphatic rings. The highest BCUT2D eigenvalue weighted by Gasteiger charge is 2.24. The maximum Gasteiger partial charge on any atom is 0.321 e. The molecule has 4 aromatic rings. The number of amides is 2. The number of nitrogens with one attached hydrogen (secondary N) is 1. The van der Waals surface area contributed by atoms with E-state index in [4.69, 9.17) is 14.5 Å². The zero-order valence-corrected chi connectivity index (χ0v) is 22.7. The lowest BCUT2D eigenvalue weighted by Crippen LogP contribution is -2.41. The number of likely N-dealkylation sites (tertiary alicyclic amines) is 1. The van der Waals surface area contributed by atoms with E-state index in [0.717, 1.165) is 63.3 Å². The fourth-order valence-electron chi connectivity index (χ4n) is 5.98. The number of carbonyl (C=O) groups is 1. The van der Waals surface area contributed by atoms with Crippen molar-refractivity contribution in [3.63, 3.8) is 0 Å². The number of carbonyl (C=O) groups excluding carboxylic acids is 1. The molecule has 0 saturated carbocycles. The Balaban J connectivity index is 1.05. The summed E-state index contributed by atoms with van der Waals surface area (Å²) in [5, 5.41) is 4.27. The minimum absolute atomic E-state index is 0.0979. The zero-order valence-electron chi connectivity index (χ0n) is 22.7. The van der Waals surface area contributed by atoms with Crippen molar-refractivity contribution < 1.29 is 14.3 Å². The molecule has 0 unspecified atom stereocenters. The molecule has 2 aliphatic heterocycles. The number of anilines is 1. The molecule has 1 fully saturated rings. The van der Waals surface area contributed by atoms with E-state index in [9.17, 15) is 4.79 Å². The Kier molecular flexibility index (Phi) is 7.09. The monoisotopic (exact) mass is 525 g/mol. The number of piperidine rings is 1. The van der Waals surface area contributed by atoms with Crippen molar-refractivity contribution in [1.29, 1.82) is 0 Å². The molecular weight excluding hydrogens is 490 g/mol. The molecule has 8 heteroatoms. The SMILES string of the molecule is COc1ccc(NC(=O)N2CCC(CCc3nccc(-c4cn5c6c(cccc46)CCC5)n3)CC2)c(OC)c1. The van der Waals surface area contributed by atoms with Crippen LogP contribution in [-0.2, 0) is 19.4 Å². The Morgan fingerprint density at radius 1 is 1.08 bits per heavy atom. The van der Waals surface area contributed by atoms with Crippen LogP contribution < -0.4 is 14.8 Å². The predicted octanol–water partition coefficient (Wildman–Crippen LogP) is 5.94. The molecule has 202 valence electrons. The van der Waals surface area contributed by atoms with Crippen molar-refractivity contribution in [2.45, 2.75) is 45.1 Å². The molecule has 1 saturated heterocycles. The average molecular weight is 526 g/mol. The van der Waals surface area contributed by atoms with Crippen LogP contribution in [0.4, 0.5) is 10.5 Å². The van der Waals surface area contributed by atoms with E-state index in [-0.39, 0.29) is 6.03 Å². The Bertz CT molecular complexity index is 1490.